The molecule has 152 valence electrons. The van der Waals surface area contributed by atoms with Crippen molar-refractivity contribution in [2.45, 2.75) is 38.5 Å². The molecule has 1 saturated heterocycles. The van der Waals surface area contributed by atoms with E-state index in [0.29, 0.717) is 29.4 Å². The molecule has 1 aliphatic carbocycles. The maximum absolute atomic E-state index is 9.46. The topological polar surface area (TPSA) is 91.1 Å². The quantitative estimate of drug-likeness (QED) is 0.585. The highest BCUT2D eigenvalue weighted by atomic mass is 35.5. The maximum atomic E-state index is 9.46. The van der Waals surface area contributed by atoms with Crippen LogP contribution in [-0.4, -0.2) is 60.7 Å². The van der Waals surface area contributed by atoms with Crippen molar-refractivity contribution in [2.75, 3.05) is 30.0 Å². The van der Waals surface area contributed by atoms with Gasteiger partial charge in [-0.2, -0.15) is 10.1 Å². The number of aliphatic hydroxyl groups is 1. The van der Waals surface area contributed by atoms with Crippen LogP contribution in [0.25, 0.3) is 0 Å². The molecule has 2 aromatic rings. The molecule has 0 aromatic carbocycles. The fourth-order valence-corrected chi connectivity index (χ4v) is 5.00. The first-order valence-electron chi connectivity index (χ1n) is 9.56. The molecular weight excluding hydrogens is 398 g/mol. The lowest BCUT2D eigenvalue weighted by Crippen LogP contribution is -2.21. The van der Waals surface area contributed by atoms with E-state index < -0.39 is 6.10 Å². The van der Waals surface area contributed by atoms with E-state index >= 15 is 0 Å². The lowest BCUT2D eigenvalue weighted by Gasteiger charge is -2.18. The minimum Gasteiger partial charge on any atom is -0.391 e. The van der Waals surface area contributed by atoms with E-state index in [2.05, 4.69) is 36.3 Å². The molecule has 2 fully saturated rings. The predicted molar refractivity (Wildman–Crippen MR) is 113 cm³/mol. The summed E-state index contributed by atoms with van der Waals surface area (Å²) in [4.78, 5) is 8.83. The summed E-state index contributed by atoms with van der Waals surface area (Å²) in [6.07, 6.45) is 9.11. The molecule has 8 nitrogen and oxygen atoms in total. The second kappa shape index (κ2) is 8.44. The van der Waals surface area contributed by atoms with Gasteiger partial charge in [0.2, 0.25) is 5.95 Å². The van der Waals surface area contributed by atoms with Crippen LogP contribution in [0.2, 0.25) is 5.02 Å². The van der Waals surface area contributed by atoms with E-state index in [1.807, 2.05) is 18.1 Å². The maximum Gasteiger partial charge on any atom is 0.229 e. The summed E-state index contributed by atoms with van der Waals surface area (Å²) in [6.45, 7) is 4.51. The van der Waals surface area contributed by atoms with E-state index in [1.165, 1.54) is 13.1 Å². The van der Waals surface area contributed by atoms with Gasteiger partial charge in [-0.3, -0.25) is 8.99 Å². The van der Waals surface area contributed by atoms with Crippen molar-refractivity contribution in [3.63, 3.8) is 0 Å². The second-order valence-electron chi connectivity index (χ2n) is 7.68. The number of nitrogens with one attached hydrogen (secondary N) is 2. The Kier molecular flexibility index (Phi) is 5.96. The number of aliphatic hydroxyl groups excluding tert-OH is 1. The molecule has 4 rings (SSSR count). The molecular formula is C18H26ClN7OS. The van der Waals surface area contributed by atoms with Crippen LogP contribution in [0.5, 0.6) is 0 Å². The minimum absolute atomic E-state index is 0.396. The van der Waals surface area contributed by atoms with E-state index in [0.717, 1.165) is 30.4 Å². The van der Waals surface area contributed by atoms with Crippen molar-refractivity contribution in [3.05, 3.63) is 23.6 Å². The highest BCUT2D eigenvalue weighted by molar-refractivity contribution is 7.96. The molecule has 3 heterocycles. The Morgan fingerprint density at radius 2 is 2.07 bits per heavy atom. The fraction of sp³-hybridized carbons (Fsp3) is 0.611. The van der Waals surface area contributed by atoms with Crippen LogP contribution in [0.1, 0.15) is 19.8 Å². The molecule has 2 aromatic heterocycles. The van der Waals surface area contributed by atoms with Crippen LogP contribution in [0.3, 0.4) is 0 Å². The first-order chi connectivity index (χ1) is 13.5. The molecule has 3 atom stereocenters. The number of fused-ring (bicyclic) bond motifs is 1. The summed E-state index contributed by atoms with van der Waals surface area (Å²) in [5.41, 5.74) is 0.765. The van der Waals surface area contributed by atoms with Crippen molar-refractivity contribution in [1.29, 1.82) is 0 Å². The van der Waals surface area contributed by atoms with Gasteiger partial charge < -0.3 is 15.7 Å². The summed E-state index contributed by atoms with van der Waals surface area (Å²) >= 11 is 8.18. The molecule has 0 spiro atoms. The minimum atomic E-state index is -0.454. The third-order valence-electron chi connectivity index (χ3n) is 5.40. The summed E-state index contributed by atoms with van der Waals surface area (Å²) in [5.74, 6) is 2.64. The van der Waals surface area contributed by atoms with Gasteiger partial charge in [0.25, 0.3) is 0 Å². The Bertz CT molecular complexity index is 803. The summed E-state index contributed by atoms with van der Waals surface area (Å²) in [6, 6.07) is 0.396. The summed E-state index contributed by atoms with van der Waals surface area (Å²) < 4.78 is 4.14. The summed E-state index contributed by atoms with van der Waals surface area (Å²) in [7, 11) is 0. The summed E-state index contributed by atoms with van der Waals surface area (Å²) in [5, 5.41) is 20.9. The Morgan fingerprint density at radius 3 is 2.75 bits per heavy atom. The smallest absolute Gasteiger partial charge is 0.229 e. The van der Waals surface area contributed by atoms with Gasteiger partial charge in [0, 0.05) is 25.3 Å². The molecule has 3 unspecified atom stereocenters. The van der Waals surface area contributed by atoms with Gasteiger partial charge in [0.05, 0.1) is 30.7 Å². The predicted octanol–water partition coefficient (Wildman–Crippen LogP) is 2.85. The van der Waals surface area contributed by atoms with Gasteiger partial charge in [-0.25, -0.2) is 4.98 Å². The molecule has 0 amide bonds. The molecule has 1 aliphatic heterocycles. The molecule has 0 radical (unpaired) electrons. The van der Waals surface area contributed by atoms with Crippen LogP contribution in [-0.2, 0) is 6.54 Å². The number of hydrogen-bond acceptors (Lipinski definition) is 8. The third kappa shape index (κ3) is 4.53. The number of hydrogen-bond donors (Lipinski definition) is 3. The fourth-order valence-electron chi connectivity index (χ4n) is 4.17. The Morgan fingerprint density at radius 1 is 1.32 bits per heavy atom. The Balaban J connectivity index is 1.38. The first-order valence-corrected chi connectivity index (χ1v) is 11.1. The van der Waals surface area contributed by atoms with Gasteiger partial charge in [-0.1, -0.05) is 23.5 Å². The zero-order chi connectivity index (χ0) is 19.7. The first kappa shape index (κ1) is 19.8. The number of aromatic nitrogens is 4. The van der Waals surface area contributed by atoms with Crippen molar-refractivity contribution < 1.29 is 5.11 Å². The highest BCUT2D eigenvalue weighted by Crippen LogP contribution is 2.41. The van der Waals surface area contributed by atoms with E-state index in [1.54, 1.807) is 24.0 Å². The van der Waals surface area contributed by atoms with E-state index in [-0.39, 0.29) is 0 Å². The van der Waals surface area contributed by atoms with Crippen LogP contribution in [0.15, 0.2) is 18.6 Å². The number of anilines is 3. The molecule has 28 heavy (non-hydrogen) atoms. The van der Waals surface area contributed by atoms with Crippen LogP contribution < -0.4 is 10.6 Å². The molecule has 1 saturated carbocycles. The third-order valence-corrected chi connectivity index (χ3v) is 6.49. The lowest BCUT2D eigenvalue weighted by molar-refractivity contribution is 0.168. The Hall–Kier alpha value is -1.55. The second-order valence-corrected chi connectivity index (χ2v) is 8.97. The Labute approximate surface area is 174 Å². The normalized spacial score (nSPS) is 25.6. The largest absolute Gasteiger partial charge is 0.391 e. The van der Waals surface area contributed by atoms with Crippen molar-refractivity contribution in [1.82, 2.24) is 24.1 Å². The highest BCUT2D eigenvalue weighted by Gasteiger charge is 2.40. The monoisotopic (exact) mass is 423 g/mol. The van der Waals surface area contributed by atoms with Crippen molar-refractivity contribution in [3.8, 4) is 0 Å². The number of nitrogens with zero attached hydrogens (tertiary/aromatic N) is 5. The lowest BCUT2D eigenvalue weighted by atomic mass is 10.0. The molecule has 3 N–H and O–H groups in total. The van der Waals surface area contributed by atoms with Gasteiger partial charge in [-0.15, -0.1) is 0 Å². The zero-order valence-electron chi connectivity index (χ0n) is 16.0. The van der Waals surface area contributed by atoms with Crippen LogP contribution >= 0.6 is 23.5 Å². The van der Waals surface area contributed by atoms with Gasteiger partial charge in [0.1, 0.15) is 5.02 Å². The SMILES string of the molecule is CSN1CC2CC(Nc3nc(Nc4cnn(CC(C)O)c4)ncc3Cl)CC2C1. The average Bonchev–Trinajstić information content (AvgIpc) is 3.32. The molecule has 0 bridgehead atoms. The average molecular weight is 424 g/mol. The molecule has 10 heteroatoms. The van der Waals surface area contributed by atoms with E-state index in [9.17, 15) is 5.11 Å². The van der Waals surface area contributed by atoms with E-state index in [4.69, 9.17) is 11.6 Å². The van der Waals surface area contributed by atoms with Gasteiger partial charge in [-0.05, 0) is 37.9 Å². The van der Waals surface area contributed by atoms with Crippen LogP contribution in [0, 0.1) is 11.8 Å². The number of rotatable bonds is 7. The van der Waals surface area contributed by atoms with Gasteiger partial charge >= 0.3 is 0 Å². The van der Waals surface area contributed by atoms with Gasteiger partial charge in [0.15, 0.2) is 5.82 Å². The molecule has 2 aliphatic rings. The van der Waals surface area contributed by atoms with Crippen molar-refractivity contribution >= 4 is 41.0 Å². The van der Waals surface area contributed by atoms with Crippen LogP contribution in [0.4, 0.5) is 17.5 Å². The van der Waals surface area contributed by atoms with Crippen molar-refractivity contribution in [2.24, 2.45) is 11.8 Å². The standard InChI is InChI=1S/C18H26ClN7OS/c1-11(27)7-25-10-15(5-21-25)23-18-20-6-16(19)17(24-18)22-14-3-12-8-26(28-2)9-13(12)4-14/h5-6,10-14,27H,3-4,7-9H2,1-2H3,(H2,20,22,23,24). The zero-order valence-corrected chi connectivity index (χ0v) is 17.6. The number of halogens is 1.